The predicted octanol–water partition coefficient (Wildman–Crippen LogP) is 6.86. The number of rotatable bonds is 1. The van der Waals surface area contributed by atoms with Crippen molar-refractivity contribution in [2.24, 2.45) is 0 Å². The molecular formula is C19H14BrNOS3. The molecule has 2 heterocycles. The normalized spacial score (nSPS) is 14.8. The minimum Gasteiger partial charge on any atom is -0.297 e. The van der Waals surface area contributed by atoms with Crippen LogP contribution in [0, 0.1) is 3.82 Å². The van der Waals surface area contributed by atoms with Gasteiger partial charge < -0.3 is 0 Å². The third-order valence-corrected chi connectivity index (χ3v) is 8.26. The number of hydrogen-bond donors (Lipinski definition) is 0. The van der Waals surface area contributed by atoms with E-state index >= 15 is 0 Å². The monoisotopic (exact) mass is 447 g/mol. The summed E-state index contributed by atoms with van der Waals surface area (Å²) >= 11 is 9.05. The SMILES string of the molecule is CC1(C)c2ssc(=S)c2-c2ccccc2N1C(=O)c1cccc(Br)c1. The summed E-state index contributed by atoms with van der Waals surface area (Å²) in [6.45, 7) is 4.19. The number of anilines is 1. The largest absolute Gasteiger partial charge is 0.297 e. The molecule has 2 nitrogen and oxygen atoms in total. The highest BCUT2D eigenvalue weighted by Crippen LogP contribution is 2.52. The number of nitrogens with zero attached hydrogens (tertiary/aromatic N) is 1. The van der Waals surface area contributed by atoms with Gasteiger partial charge in [0.2, 0.25) is 0 Å². The zero-order valence-electron chi connectivity index (χ0n) is 13.6. The van der Waals surface area contributed by atoms with E-state index in [1.807, 2.05) is 47.4 Å². The maximum absolute atomic E-state index is 13.4. The third-order valence-electron chi connectivity index (χ3n) is 4.44. The van der Waals surface area contributed by atoms with Crippen molar-refractivity contribution in [1.29, 1.82) is 0 Å². The Morgan fingerprint density at radius 3 is 2.64 bits per heavy atom. The van der Waals surface area contributed by atoms with Gasteiger partial charge in [0.1, 0.15) is 3.82 Å². The number of carbonyl (C=O) groups is 1. The molecule has 0 bridgehead atoms. The summed E-state index contributed by atoms with van der Waals surface area (Å²) in [5, 5.41) is 0. The molecule has 6 heteroatoms. The van der Waals surface area contributed by atoms with Crippen LogP contribution in [-0.2, 0) is 5.54 Å². The fraction of sp³-hybridized carbons (Fsp3) is 0.158. The van der Waals surface area contributed by atoms with E-state index in [1.165, 1.54) is 0 Å². The van der Waals surface area contributed by atoms with Gasteiger partial charge in [0.25, 0.3) is 5.91 Å². The van der Waals surface area contributed by atoms with Crippen molar-refractivity contribution in [2.75, 3.05) is 4.90 Å². The van der Waals surface area contributed by atoms with Gasteiger partial charge in [-0.25, -0.2) is 0 Å². The lowest BCUT2D eigenvalue weighted by Gasteiger charge is -2.43. The molecule has 25 heavy (non-hydrogen) atoms. The van der Waals surface area contributed by atoms with Crippen LogP contribution in [0.3, 0.4) is 0 Å². The molecule has 0 spiro atoms. The molecule has 0 unspecified atom stereocenters. The van der Waals surface area contributed by atoms with Gasteiger partial charge in [-0.05, 0) is 38.1 Å². The average molecular weight is 448 g/mol. The Labute approximate surface area is 167 Å². The molecule has 2 aromatic carbocycles. The maximum Gasteiger partial charge on any atom is 0.259 e. The van der Waals surface area contributed by atoms with Crippen molar-refractivity contribution in [3.05, 3.63) is 67.3 Å². The molecule has 1 aliphatic rings. The van der Waals surface area contributed by atoms with Gasteiger partial charge in [0.05, 0.1) is 16.1 Å². The Morgan fingerprint density at radius 1 is 1.12 bits per heavy atom. The molecule has 0 N–H and O–H groups in total. The Hall–Kier alpha value is -1.34. The van der Waals surface area contributed by atoms with Crippen LogP contribution in [0.4, 0.5) is 5.69 Å². The highest BCUT2D eigenvalue weighted by molar-refractivity contribution is 9.10. The quantitative estimate of drug-likeness (QED) is 0.299. The molecule has 0 fully saturated rings. The topological polar surface area (TPSA) is 20.3 Å². The van der Waals surface area contributed by atoms with Gasteiger partial charge in [0, 0.05) is 21.2 Å². The summed E-state index contributed by atoms with van der Waals surface area (Å²) in [5.41, 5.74) is 3.29. The number of benzene rings is 2. The van der Waals surface area contributed by atoms with Crippen molar-refractivity contribution in [2.45, 2.75) is 19.4 Å². The van der Waals surface area contributed by atoms with Gasteiger partial charge in [-0.1, -0.05) is 73.1 Å². The molecule has 1 amide bonds. The van der Waals surface area contributed by atoms with Gasteiger partial charge in [0.15, 0.2) is 0 Å². The third kappa shape index (κ3) is 2.63. The zero-order valence-corrected chi connectivity index (χ0v) is 17.6. The average Bonchev–Trinajstić information content (AvgIpc) is 2.98. The van der Waals surface area contributed by atoms with Crippen LogP contribution in [0.1, 0.15) is 29.1 Å². The molecule has 0 atom stereocenters. The van der Waals surface area contributed by atoms with E-state index in [9.17, 15) is 4.79 Å². The van der Waals surface area contributed by atoms with E-state index < -0.39 is 5.54 Å². The number of amides is 1. The van der Waals surface area contributed by atoms with E-state index in [0.29, 0.717) is 5.56 Å². The van der Waals surface area contributed by atoms with E-state index in [1.54, 1.807) is 20.7 Å². The fourth-order valence-electron chi connectivity index (χ4n) is 3.29. The van der Waals surface area contributed by atoms with Crippen molar-refractivity contribution < 1.29 is 4.79 Å². The van der Waals surface area contributed by atoms with E-state index in [2.05, 4.69) is 35.8 Å². The van der Waals surface area contributed by atoms with Crippen LogP contribution in [0.2, 0.25) is 0 Å². The first-order chi connectivity index (χ1) is 11.9. The molecule has 4 rings (SSSR count). The second kappa shape index (κ2) is 6.13. The lowest BCUT2D eigenvalue weighted by atomic mass is 9.87. The summed E-state index contributed by atoms with van der Waals surface area (Å²) in [5.74, 6) is -0.00582. The first-order valence-corrected chi connectivity index (χ1v) is 11.1. The second-order valence-corrected chi connectivity index (χ2v) is 10.1. The molecule has 0 saturated heterocycles. The molecule has 0 aliphatic carbocycles. The number of halogens is 1. The Bertz CT molecular complexity index is 1050. The lowest BCUT2D eigenvalue weighted by Crippen LogP contribution is -2.47. The lowest BCUT2D eigenvalue weighted by molar-refractivity contribution is 0.0961. The van der Waals surface area contributed by atoms with Crippen molar-refractivity contribution in [1.82, 2.24) is 0 Å². The Kier molecular flexibility index (Phi) is 4.19. The number of fused-ring (bicyclic) bond motifs is 3. The molecule has 3 aromatic rings. The highest BCUT2D eigenvalue weighted by Gasteiger charge is 2.43. The summed E-state index contributed by atoms with van der Waals surface area (Å²) in [6, 6.07) is 15.6. The minimum absolute atomic E-state index is 0.00582. The summed E-state index contributed by atoms with van der Waals surface area (Å²) < 4.78 is 1.79. The predicted molar refractivity (Wildman–Crippen MR) is 112 cm³/mol. The molecule has 0 saturated carbocycles. The van der Waals surface area contributed by atoms with Crippen molar-refractivity contribution in [3.8, 4) is 11.1 Å². The fourth-order valence-corrected chi connectivity index (χ4v) is 6.97. The minimum atomic E-state index is -0.457. The van der Waals surface area contributed by atoms with Gasteiger partial charge in [-0.15, -0.1) is 0 Å². The number of hydrogen-bond acceptors (Lipinski definition) is 4. The van der Waals surface area contributed by atoms with E-state index in [4.69, 9.17) is 12.2 Å². The summed E-state index contributed by atoms with van der Waals surface area (Å²) in [7, 11) is 3.29. The first-order valence-electron chi connectivity index (χ1n) is 7.74. The van der Waals surface area contributed by atoms with Crippen LogP contribution in [-0.4, -0.2) is 5.91 Å². The van der Waals surface area contributed by atoms with Crippen LogP contribution < -0.4 is 4.90 Å². The molecule has 0 radical (unpaired) electrons. The van der Waals surface area contributed by atoms with Crippen LogP contribution in [0.5, 0.6) is 0 Å². The maximum atomic E-state index is 13.4. The molecule has 1 aliphatic heterocycles. The first kappa shape index (κ1) is 17.1. The van der Waals surface area contributed by atoms with E-state index in [-0.39, 0.29) is 5.91 Å². The van der Waals surface area contributed by atoms with Crippen LogP contribution >= 0.6 is 48.8 Å². The summed E-state index contributed by atoms with van der Waals surface area (Å²) in [4.78, 5) is 16.5. The molecular weight excluding hydrogens is 434 g/mol. The molecule has 1 aromatic heterocycles. The highest BCUT2D eigenvalue weighted by atomic mass is 79.9. The number of para-hydroxylation sites is 1. The smallest absolute Gasteiger partial charge is 0.259 e. The van der Waals surface area contributed by atoms with Crippen molar-refractivity contribution >= 4 is 60.4 Å². The number of carbonyl (C=O) groups excluding carboxylic acids is 1. The van der Waals surface area contributed by atoms with E-state index in [0.717, 1.165) is 30.0 Å². The van der Waals surface area contributed by atoms with Crippen LogP contribution in [0.25, 0.3) is 11.1 Å². The van der Waals surface area contributed by atoms with Crippen molar-refractivity contribution in [3.63, 3.8) is 0 Å². The van der Waals surface area contributed by atoms with Gasteiger partial charge >= 0.3 is 0 Å². The van der Waals surface area contributed by atoms with Gasteiger partial charge in [-0.2, -0.15) is 0 Å². The molecule has 126 valence electrons. The second-order valence-electron chi connectivity index (χ2n) is 6.39. The Morgan fingerprint density at radius 2 is 1.88 bits per heavy atom. The zero-order chi connectivity index (χ0) is 17.8. The van der Waals surface area contributed by atoms with Crippen LogP contribution in [0.15, 0.2) is 53.0 Å². The Balaban J connectivity index is 1.97. The standard InChI is InChI=1S/C19H14BrNOS3/c1-19(2)16-15(18(23)25-24-16)13-8-3-4-9-14(13)21(19)17(22)11-6-5-7-12(20)10-11/h3-10H,1-2H3. The summed E-state index contributed by atoms with van der Waals surface area (Å²) in [6.07, 6.45) is 0. The van der Waals surface area contributed by atoms with Gasteiger partial charge in [-0.3, -0.25) is 9.69 Å².